The third-order valence-corrected chi connectivity index (χ3v) is 3.08. The van der Waals surface area contributed by atoms with Crippen LogP contribution in [0.2, 0.25) is 5.15 Å². The summed E-state index contributed by atoms with van der Waals surface area (Å²) >= 11 is 5.97. The smallest absolute Gasteiger partial charge is 0.254 e. The topological polar surface area (TPSA) is 51.2 Å². The lowest BCUT2D eigenvalue weighted by molar-refractivity contribution is 0.0948. The van der Waals surface area contributed by atoms with Gasteiger partial charge in [-0.25, -0.2) is 9.37 Å². The molecular weight excluding hydrogens is 283 g/mol. The summed E-state index contributed by atoms with van der Waals surface area (Å²) in [5.41, 5.74) is 0.703. The number of rotatable bonds is 5. The number of halogens is 2. The number of benzene rings is 1. The highest BCUT2D eigenvalue weighted by atomic mass is 35.5. The predicted octanol–water partition coefficient (Wildman–Crippen LogP) is 2.79. The number of fused-ring (bicyclic) bond motifs is 1. The Bertz CT molecular complexity index is 634. The molecule has 0 aliphatic rings. The Morgan fingerprint density at radius 3 is 3.00 bits per heavy atom. The van der Waals surface area contributed by atoms with Crippen LogP contribution in [0.5, 0.6) is 0 Å². The molecule has 0 radical (unpaired) electrons. The quantitative estimate of drug-likeness (QED) is 0.682. The predicted molar refractivity (Wildman–Crippen MR) is 75.5 cm³/mol. The molecule has 0 spiro atoms. The first-order valence-electron chi connectivity index (χ1n) is 6.15. The highest BCUT2D eigenvalue weighted by Crippen LogP contribution is 2.21. The Labute approximate surface area is 120 Å². The highest BCUT2D eigenvalue weighted by molar-refractivity contribution is 6.33. The van der Waals surface area contributed by atoms with E-state index in [1.807, 2.05) is 0 Å². The molecule has 0 saturated carbocycles. The fraction of sp³-hybridized carbons (Fsp3) is 0.286. The zero-order chi connectivity index (χ0) is 14.5. The number of amides is 1. The Kier molecular flexibility index (Phi) is 4.87. The van der Waals surface area contributed by atoms with E-state index in [9.17, 15) is 9.18 Å². The van der Waals surface area contributed by atoms with Crippen LogP contribution in [0.25, 0.3) is 10.9 Å². The van der Waals surface area contributed by atoms with Crippen LogP contribution >= 0.6 is 11.6 Å². The van der Waals surface area contributed by atoms with Crippen LogP contribution in [-0.2, 0) is 4.74 Å². The number of nitrogens with zero attached hydrogens (tertiary/aromatic N) is 1. The summed E-state index contributed by atoms with van der Waals surface area (Å²) < 4.78 is 18.0. The van der Waals surface area contributed by atoms with Crippen LogP contribution in [0.15, 0.2) is 24.3 Å². The van der Waals surface area contributed by atoms with E-state index in [0.717, 1.165) is 0 Å². The number of ether oxygens (including phenoxy) is 1. The van der Waals surface area contributed by atoms with Crippen molar-refractivity contribution in [2.45, 2.75) is 6.42 Å². The Hall–Kier alpha value is -1.72. The molecule has 1 heterocycles. The lowest BCUT2D eigenvalue weighted by Crippen LogP contribution is -2.25. The number of carbonyl (C=O) groups is 1. The van der Waals surface area contributed by atoms with Crippen LogP contribution in [0.3, 0.4) is 0 Å². The molecule has 0 aliphatic heterocycles. The van der Waals surface area contributed by atoms with Gasteiger partial charge in [-0.3, -0.25) is 4.79 Å². The van der Waals surface area contributed by atoms with Gasteiger partial charge >= 0.3 is 0 Å². The van der Waals surface area contributed by atoms with Gasteiger partial charge in [0.1, 0.15) is 11.0 Å². The third-order valence-electron chi connectivity index (χ3n) is 2.79. The van der Waals surface area contributed by atoms with Crippen molar-refractivity contribution >= 4 is 28.4 Å². The Morgan fingerprint density at radius 1 is 1.45 bits per heavy atom. The van der Waals surface area contributed by atoms with Crippen molar-refractivity contribution in [2.24, 2.45) is 0 Å². The molecule has 1 N–H and O–H groups in total. The van der Waals surface area contributed by atoms with Crippen molar-refractivity contribution in [2.75, 3.05) is 20.3 Å². The van der Waals surface area contributed by atoms with E-state index < -0.39 is 5.82 Å². The molecular formula is C14H14ClFN2O2. The number of hydrogen-bond acceptors (Lipinski definition) is 3. The summed E-state index contributed by atoms with van der Waals surface area (Å²) in [7, 11) is 1.60. The van der Waals surface area contributed by atoms with E-state index in [1.165, 1.54) is 12.1 Å². The number of carbonyl (C=O) groups excluding carboxylic acids is 1. The zero-order valence-corrected chi connectivity index (χ0v) is 11.7. The van der Waals surface area contributed by atoms with Crippen molar-refractivity contribution in [3.8, 4) is 0 Å². The SMILES string of the molecule is COCCCNC(=O)c1cc2ccc(F)cc2nc1Cl. The second kappa shape index (κ2) is 6.63. The van der Waals surface area contributed by atoms with E-state index >= 15 is 0 Å². The zero-order valence-electron chi connectivity index (χ0n) is 11.0. The second-order valence-electron chi connectivity index (χ2n) is 4.27. The van der Waals surface area contributed by atoms with E-state index in [1.54, 1.807) is 19.2 Å². The van der Waals surface area contributed by atoms with Crippen LogP contribution in [0, 0.1) is 5.82 Å². The van der Waals surface area contributed by atoms with Gasteiger partial charge in [0.05, 0.1) is 11.1 Å². The summed E-state index contributed by atoms with van der Waals surface area (Å²) in [5, 5.41) is 3.46. The van der Waals surface area contributed by atoms with Gasteiger partial charge in [0.15, 0.2) is 0 Å². The summed E-state index contributed by atoms with van der Waals surface area (Å²) in [6.07, 6.45) is 0.714. The monoisotopic (exact) mass is 296 g/mol. The molecule has 2 aromatic rings. The molecule has 1 aromatic carbocycles. The standard InChI is InChI=1S/C14H14ClFN2O2/c1-20-6-2-5-17-14(19)11-7-9-3-4-10(16)8-12(9)18-13(11)15/h3-4,7-8H,2,5-6H2,1H3,(H,17,19). The molecule has 0 unspecified atom stereocenters. The fourth-order valence-electron chi connectivity index (χ4n) is 1.79. The summed E-state index contributed by atoms with van der Waals surface area (Å²) in [6.45, 7) is 1.06. The molecule has 6 heteroatoms. The van der Waals surface area contributed by atoms with E-state index in [-0.39, 0.29) is 16.6 Å². The molecule has 20 heavy (non-hydrogen) atoms. The summed E-state index contributed by atoms with van der Waals surface area (Å²) in [5.74, 6) is -0.692. The Balaban J connectivity index is 2.19. The fourth-order valence-corrected chi connectivity index (χ4v) is 2.02. The van der Waals surface area contributed by atoms with Crippen LogP contribution in [0.4, 0.5) is 4.39 Å². The van der Waals surface area contributed by atoms with Gasteiger partial charge in [-0.1, -0.05) is 11.6 Å². The van der Waals surface area contributed by atoms with Crippen LogP contribution in [-0.4, -0.2) is 31.2 Å². The second-order valence-corrected chi connectivity index (χ2v) is 4.62. The average Bonchev–Trinajstić information content (AvgIpc) is 2.42. The molecule has 1 amide bonds. The van der Waals surface area contributed by atoms with Gasteiger partial charge in [0, 0.05) is 31.7 Å². The Morgan fingerprint density at radius 2 is 2.25 bits per heavy atom. The molecule has 0 saturated heterocycles. The first-order chi connectivity index (χ1) is 9.61. The minimum absolute atomic E-state index is 0.0624. The highest BCUT2D eigenvalue weighted by Gasteiger charge is 2.13. The van der Waals surface area contributed by atoms with Gasteiger partial charge in [-0.2, -0.15) is 0 Å². The van der Waals surface area contributed by atoms with Crippen molar-refractivity contribution in [1.29, 1.82) is 0 Å². The average molecular weight is 297 g/mol. The number of methoxy groups -OCH3 is 1. The maximum atomic E-state index is 13.1. The molecule has 4 nitrogen and oxygen atoms in total. The maximum absolute atomic E-state index is 13.1. The number of hydrogen-bond donors (Lipinski definition) is 1. The molecule has 0 atom stereocenters. The summed E-state index contributed by atoms with van der Waals surface area (Å²) in [6, 6.07) is 5.77. The molecule has 2 rings (SSSR count). The molecule has 0 aliphatic carbocycles. The number of aromatic nitrogens is 1. The van der Waals surface area contributed by atoms with Gasteiger partial charge < -0.3 is 10.1 Å². The lowest BCUT2D eigenvalue weighted by atomic mass is 10.1. The van der Waals surface area contributed by atoms with Crippen molar-refractivity contribution < 1.29 is 13.9 Å². The lowest BCUT2D eigenvalue weighted by Gasteiger charge is -2.07. The first kappa shape index (κ1) is 14.7. The molecule has 0 bridgehead atoms. The third kappa shape index (κ3) is 3.43. The number of nitrogens with one attached hydrogen (secondary N) is 1. The minimum atomic E-state index is -0.391. The molecule has 0 fully saturated rings. The van der Waals surface area contributed by atoms with Gasteiger partial charge in [0.25, 0.3) is 5.91 Å². The van der Waals surface area contributed by atoms with E-state index in [2.05, 4.69) is 10.3 Å². The van der Waals surface area contributed by atoms with Gasteiger partial charge in [-0.05, 0) is 24.6 Å². The van der Waals surface area contributed by atoms with Crippen molar-refractivity contribution in [3.05, 3.63) is 40.8 Å². The van der Waals surface area contributed by atoms with Crippen molar-refractivity contribution in [1.82, 2.24) is 10.3 Å². The van der Waals surface area contributed by atoms with Crippen molar-refractivity contribution in [3.63, 3.8) is 0 Å². The normalized spacial score (nSPS) is 10.8. The van der Waals surface area contributed by atoms with Gasteiger partial charge in [-0.15, -0.1) is 0 Å². The van der Waals surface area contributed by atoms with Crippen LogP contribution in [0.1, 0.15) is 16.8 Å². The van der Waals surface area contributed by atoms with Crippen LogP contribution < -0.4 is 5.32 Å². The van der Waals surface area contributed by atoms with Gasteiger partial charge in [0.2, 0.25) is 0 Å². The maximum Gasteiger partial charge on any atom is 0.254 e. The molecule has 106 valence electrons. The molecule has 1 aromatic heterocycles. The van der Waals surface area contributed by atoms with E-state index in [4.69, 9.17) is 16.3 Å². The largest absolute Gasteiger partial charge is 0.385 e. The summed E-state index contributed by atoms with van der Waals surface area (Å²) in [4.78, 5) is 16.0. The minimum Gasteiger partial charge on any atom is -0.385 e. The van der Waals surface area contributed by atoms with E-state index in [0.29, 0.717) is 30.5 Å². The first-order valence-corrected chi connectivity index (χ1v) is 6.52. The number of pyridine rings is 1.